The zero-order chi connectivity index (χ0) is 12.0. The third kappa shape index (κ3) is 5.80. The molecule has 1 heterocycles. The third-order valence-electron chi connectivity index (χ3n) is 3.18. The van der Waals surface area contributed by atoms with E-state index < -0.39 is 0 Å². The number of hydrazine groups is 1. The van der Waals surface area contributed by atoms with E-state index in [-0.39, 0.29) is 0 Å². The van der Waals surface area contributed by atoms with Gasteiger partial charge in [-0.3, -0.25) is 5.43 Å². The summed E-state index contributed by atoms with van der Waals surface area (Å²) in [5.41, 5.74) is 6.60. The summed E-state index contributed by atoms with van der Waals surface area (Å²) in [6.45, 7) is 11.0. The minimum Gasteiger partial charge on any atom is -0.313 e. The molecule has 1 aliphatic rings. The van der Waals surface area contributed by atoms with Crippen molar-refractivity contribution in [2.75, 3.05) is 13.1 Å². The molecule has 0 bridgehead atoms. The zero-order valence-electron chi connectivity index (χ0n) is 11.1. The van der Waals surface area contributed by atoms with E-state index in [0.717, 1.165) is 19.0 Å². The molecule has 1 aliphatic heterocycles. The summed E-state index contributed by atoms with van der Waals surface area (Å²) >= 11 is 0. The molecule has 0 saturated carbocycles. The highest BCUT2D eigenvalue weighted by Gasteiger charge is 2.11. The summed E-state index contributed by atoms with van der Waals surface area (Å²) in [5.74, 6) is 0.741. The van der Waals surface area contributed by atoms with Gasteiger partial charge in [0.05, 0.1) is 6.17 Å². The largest absolute Gasteiger partial charge is 0.313 e. The Hall–Kier alpha value is -0.160. The van der Waals surface area contributed by atoms with Crippen LogP contribution >= 0.6 is 0 Å². The standard InChI is InChI=1S/C12H28N4/c1-9-5-6-10(2)13-8-11(3)15-16-12(4)14-7-9/h9-16H,5-8H2,1-4H3/t9-,10+,11+,12-/m1/s1. The molecule has 0 radical (unpaired) electrons. The van der Waals surface area contributed by atoms with Crippen molar-refractivity contribution in [3.8, 4) is 0 Å². The summed E-state index contributed by atoms with van der Waals surface area (Å²) in [6.07, 6.45) is 2.87. The number of hydrogen-bond donors (Lipinski definition) is 4. The quantitative estimate of drug-likeness (QED) is 0.496. The molecule has 1 saturated heterocycles. The second kappa shape index (κ2) is 7.22. The molecular weight excluding hydrogens is 200 g/mol. The first kappa shape index (κ1) is 13.9. The molecule has 0 amide bonds. The smallest absolute Gasteiger partial charge is 0.0675 e. The molecule has 1 fully saturated rings. The van der Waals surface area contributed by atoms with E-state index in [0.29, 0.717) is 18.2 Å². The molecule has 4 nitrogen and oxygen atoms in total. The Morgan fingerprint density at radius 3 is 2.25 bits per heavy atom. The number of nitrogens with one attached hydrogen (secondary N) is 4. The van der Waals surface area contributed by atoms with Crippen LogP contribution in [0.1, 0.15) is 40.5 Å². The maximum absolute atomic E-state index is 3.56. The predicted molar refractivity (Wildman–Crippen MR) is 69.1 cm³/mol. The van der Waals surface area contributed by atoms with Crippen LogP contribution in [0.25, 0.3) is 0 Å². The van der Waals surface area contributed by atoms with Gasteiger partial charge >= 0.3 is 0 Å². The molecule has 0 aliphatic carbocycles. The molecule has 0 unspecified atom stereocenters. The minimum absolute atomic E-state index is 0.321. The van der Waals surface area contributed by atoms with Crippen LogP contribution < -0.4 is 21.5 Å². The summed E-state index contributed by atoms with van der Waals surface area (Å²) in [7, 11) is 0. The lowest BCUT2D eigenvalue weighted by atomic mass is 10.0. The lowest BCUT2D eigenvalue weighted by Gasteiger charge is -2.26. The number of rotatable bonds is 0. The normalized spacial score (nSPS) is 39.8. The Morgan fingerprint density at radius 1 is 0.750 bits per heavy atom. The van der Waals surface area contributed by atoms with Gasteiger partial charge in [-0.05, 0) is 46.1 Å². The van der Waals surface area contributed by atoms with Crippen molar-refractivity contribution >= 4 is 0 Å². The topological polar surface area (TPSA) is 48.1 Å². The van der Waals surface area contributed by atoms with Crippen molar-refractivity contribution in [3.05, 3.63) is 0 Å². The molecule has 0 spiro atoms. The van der Waals surface area contributed by atoms with Gasteiger partial charge in [-0.2, -0.15) is 0 Å². The highest BCUT2D eigenvalue weighted by molar-refractivity contribution is 4.71. The summed E-state index contributed by atoms with van der Waals surface area (Å²) < 4.78 is 0. The van der Waals surface area contributed by atoms with Crippen molar-refractivity contribution < 1.29 is 0 Å². The van der Waals surface area contributed by atoms with E-state index in [1.54, 1.807) is 0 Å². The molecule has 1 rings (SSSR count). The van der Waals surface area contributed by atoms with E-state index in [2.05, 4.69) is 49.2 Å². The van der Waals surface area contributed by atoms with Gasteiger partial charge < -0.3 is 10.6 Å². The Labute approximate surface area is 99.9 Å². The average Bonchev–Trinajstić information content (AvgIpc) is 2.27. The van der Waals surface area contributed by atoms with Gasteiger partial charge in [0.1, 0.15) is 0 Å². The fourth-order valence-corrected chi connectivity index (χ4v) is 1.86. The van der Waals surface area contributed by atoms with Crippen molar-refractivity contribution in [1.29, 1.82) is 0 Å². The van der Waals surface area contributed by atoms with Crippen LogP contribution in [0.5, 0.6) is 0 Å². The molecule has 0 aromatic carbocycles. The molecule has 0 aromatic rings. The SMILES string of the molecule is C[C@@H]1CC[C@H](C)NC[C@H](C)NN[C@H](C)NC1. The van der Waals surface area contributed by atoms with Gasteiger partial charge in [-0.1, -0.05) is 6.92 Å². The second-order valence-electron chi connectivity index (χ2n) is 5.31. The molecule has 4 N–H and O–H groups in total. The van der Waals surface area contributed by atoms with E-state index in [9.17, 15) is 0 Å². The molecule has 4 atom stereocenters. The van der Waals surface area contributed by atoms with Crippen LogP contribution in [0.15, 0.2) is 0 Å². The monoisotopic (exact) mass is 228 g/mol. The third-order valence-corrected chi connectivity index (χ3v) is 3.18. The van der Waals surface area contributed by atoms with Crippen LogP contribution in [0.2, 0.25) is 0 Å². The molecule has 0 aromatic heterocycles. The Bertz CT molecular complexity index is 130. The van der Waals surface area contributed by atoms with E-state index in [1.165, 1.54) is 12.8 Å². The van der Waals surface area contributed by atoms with Crippen molar-refractivity contribution in [2.45, 2.75) is 58.8 Å². The number of hydrogen-bond acceptors (Lipinski definition) is 4. The van der Waals surface area contributed by atoms with Crippen LogP contribution in [-0.4, -0.2) is 31.3 Å². The van der Waals surface area contributed by atoms with E-state index in [1.807, 2.05) is 0 Å². The summed E-state index contributed by atoms with van der Waals surface area (Å²) in [6, 6.07) is 1.06. The predicted octanol–water partition coefficient (Wildman–Crippen LogP) is 0.813. The lowest BCUT2D eigenvalue weighted by molar-refractivity contribution is 0.306. The van der Waals surface area contributed by atoms with Crippen molar-refractivity contribution in [1.82, 2.24) is 21.5 Å². The van der Waals surface area contributed by atoms with Gasteiger partial charge in [0.15, 0.2) is 0 Å². The maximum Gasteiger partial charge on any atom is 0.0675 e. The second-order valence-corrected chi connectivity index (χ2v) is 5.31. The summed E-state index contributed by atoms with van der Waals surface area (Å²) in [4.78, 5) is 0. The van der Waals surface area contributed by atoms with Gasteiger partial charge in [0.2, 0.25) is 0 Å². The first-order valence-electron chi connectivity index (χ1n) is 6.55. The van der Waals surface area contributed by atoms with Gasteiger partial charge in [-0.25, -0.2) is 5.43 Å². The van der Waals surface area contributed by atoms with Crippen LogP contribution in [0, 0.1) is 5.92 Å². The zero-order valence-corrected chi connectivity index (χ0v) is 11.1. The van der Waals surface area contributed by atoms with Crippen LogP contribution in [0.4, 0.5) is 0 Å². The Kier molecular flexibility index (Phi) is 6.28. The van der Waals surface area contributed by atoms with E-state index in [4.69, 9.17) is 0 Å². The molecule has 96 valence electrons. The fourth-order valence-electron chi connectivity index (χ4n) is 1.86. The Balaban J connectivity index is 2.39. The van der Waals surface area contributed by atoms with E-state index >= 15 is 0 Å². The first-order valence-corrected chi connectivity index (χ1v) is 6.55. The van der Waals surface area contributed by atoms with Crippen LogP contribution in [0.3, 0.4) is 0 Å². The molecular formula is C12H28N4. The highest BCUT2D eigenvalue weighted by atomic mass is 15.4. The minimum atomic E-state index is 0.321. The van der Waals surface area contributed by atoms with Crippen molar-refractivity contribution in [2.24, 2.45) is 5.92 Å². The fraction of sp³-hybridized carbons (Fsp3) is 1.00. The average molecular weight is 228 g/mol. The van der Waals surface area contributed by atoms with Crippen molar-refractivity contribution in [3.63, 3.8) is 0 Å². The Morgan fingerprint density at radius 2 is 1.50 bits per heavy atom. The highest BCUT2D eigenvalue weighted by Crippen LogP contribution is 2.07. The lowest BCUT2D eigenvalue weighted by Crippen LogP contribution is -2.54. The van der Waals surface area contributed by atoms with Gasteiger partial charge in [0.25, 0.3) is 0 Å². The molecule has 4 heteroatoms. The first-order chi connectivity index (χ1) is 7.58. The maximum atomic E-state index is 3.56. The van der Waals surface area contributed by atoms with Gasteiger partial charge in [0, 0.05) is 18.6 Å². The van der Waals surface area contributed by atoms with Crippen LogP contribution in [-0.2, 0) is 0 Å². The summed E-state index contributed by atoms with van der Waals surface area (Å²) in [5, 5.41) is 7.05. The molecule has 16 heavy (non-hydrogen) atoms. The van der Waals surface area contributed by atoms with Gasteiger partial charge in [-0.15, -0.1) is 0 Å².